The number of anilines is 1. The highest BCUT2D eigenvalue weighted by Gasteiger charge is 2.21. The number of thioether (sulfide) groups is 1. The largest absolute Gasteiger partial charge is 0.484 e. The molecule has 112 valence electrons. The van der Waals surface area contributed by atoms with Gasteiger partial charge in [0.05, 0.1) is 11.0 Å². The lowest BCUT2D eigenvalue weighted by Crippen LogP contribution is -2.15. The van der Waals surface area contributed by atoms with Gasteiger partial charge in [-0.05, 0) is 43.9 Å². The Hall–Kier alpha value is -1.43. The molecule has 0 aliphatic rings. The highest BCUT2D eigenvalue weighted by atomic mass is 32.2. The van der Waals surface area contributed by atoms with Crippen LogP contribution in [0.1, 0.15) is 20.8 Å². The van der Waals surface area contributed by atoms with E-state index in [1.54, 1.807) is 30.0 Å². The van der Waals surface area contributed by atoms with Gasteiger partial charge in [0.1, 0.15) is 5.69 Å². The predicted octanol–water partition coefficient (Wildman–Crippen LogP) is 3.79. The fraction of sp³-hybridized carbons (Fsp3) is 0.571. The SMILES string of the molecule is CSCC(C)CNc1cccc(OC(C)C)c1[N+](=O)[O-]. The molecule has 1 rings (SSSR count). The molecule has 0 fully saturated rings. The van der Waals surface area contributed by atoms with Crippen LogP contribution < -0.4 is 10.1 Å². The number of rotatable bonds is 8. The zero-order valence-corrected chi connectivity index (χ0v) is 13.2. The average Bonchev–Trinajstić information content (AvgIpc) is 2.35. The Morgan fingerprint density at radius 1 is 1.40 bits per heavy atom. The second kappa shape index (κ2) is 7.99. The molecule has 0 aliphatic carbocycles. The van der Waals surface area contributed by atoms with E-state index in [0.29, 0.717) is 23.9 Å². The van der Waals surface area contributed by atoms with Crippen molar-refractivity contribution in [2.24, 2.45) is 5.92 Å². The highest BCUT2D eigenvalue weighted by molar-refractivity contribution is 7.98. The fourth-order valence-electron chi connectivity index (χ4n) is 1.83. The second-order valence-corrected chi connectivity index (χ2v) is 5.93. The lowest BCUT2D eigenvalue weighted by molar-refractivity contribution is -0.385. The van der Waals surface area contributed by atoms with E-state index in [2.05, 4.69) is 18.5 Å². The number of nitro groups is 1. The normalized spacial score (nSPS) is 12.2. The molecule has 0 heterocycles. The van der Waals surface area contributed by atoms with E-state index in [9.17, 15) is 10.1 Å². The van der Waals surface area contributed by atoms with Gasteiger partial charge >= 0.3 is 5.69 Å². The van der Waals surface area contributed by atoms with E-state index in [1.807, 2.05) is 13.8 Å². The molecule has 0 saturated heterocycles. The molecule has 1 unspecified atom stereocenters. The van der Waals surface area contributed by atoms with Gasteiger partial charge in [-0.2, -0.15) is 11.8 Å². The van der Waals surface area contributed by atoms with Gasteiger partial charge in [0.15, 0.2) is 5.75 Å². The van der Waals surface area contributed by atoms with Crippen LogP contribution in [0.25, 0.3) is 0 Å². The van der Waals surface area contributed by atoms with Crippen LogP contribution in [0.3, 0.4) is 0 Å². The fourth-order valence-corrected chi connectivity index (χ4v) is 2.52. The van der Waals surface area contributed by atoms with Crippen molar-refractivity contribution in [2.45, 2.75) is 26.9 Å². The molecule has 0 aromatic heterocycles. The van der Waals surface area contributed by atoms with Crippen molar-refractivity contribution in [1.82, 2.24) is 0 Å². The van der Waals surface area contributed by atoms with Gasteiger partial charge in [-0.25, -0.2) is 0 Å². The molecular weight excluding hydrogens is 276 g/mol. The van der Waals surface area contributed by atoms with Gasteiger partial charge in [0.2, 0.25) is 0 Å². The first-order valence-electron chi connectivity index (χ1n) is 6.62. The number of para-hydroxylation sites is 1. The minimum atomic E-state index is -0.390. The number of nitrogens with zero attached hydrogens (tertiary/aromatic N) is 1. The number of ether oxygens (including phenoxy) is 1. The van der Waals surface area contributed by atoms with Crippen LogP contribution in [0.2, 0.25) is 0 Å². The first kappa shape index (κ1) is 16.6. The van der Waals surface area contributed by atoms with Crippen LogP contribution in [0, 0.1) is 16.0 Å². The maximum atomic E-state index is 11.3. The van der Waals surface area contributed by atoms with Crippen molar-refractivity contribution >= 4 is 23.1 Å². The molecule has 5 nitrogen and oxygen atoms in total. The van der Waals surface area contributed by atoms with Crippen LogP contribution in [0.15, 0.2) is 18.2 Å². The Labute approximate surface area is 124 Å². The topological polar surface area (TPSA) is 64.4 Å². The van der Waals surface area contributed by atoms with E-state index in [4.69, 9.17) is 4.74 Å². The van der Waals surface area contributed by atoms with Crippen LogP contribution in [-0.4, -0.2) is 29.6 Å². The Morgan fingerprint density at radius 2 is 2.10 bits per heavy atom. The quantitative estimate of drug-likeness (QED) is 0.584. The van der Waals surface area contributed by atoms with Gasteiger partial charge < -0.3 is 10.1 Å². The summed E-state index contributed by atoms with van der Waals surface area (Å²) in [5, 5.41) is 14.4. The molecule has 0 radical (unpaired) electrons. The molecule has 0 amide bonds. The van der Waals surface area contributed by atoms with Gasteiger partial charge in [-0.3, -0.25) is 10.1 Å². The van der Waals surface area contributed by atoms with E-state index < -0.39 is 0 Å². The lowest BCUT2D eigenvalue weighted by atomic mass is 10.2. The summed E-state index contributed by atoms with van der Waals surface area (Å²) in [7, 11) is 0. The maximum absolute atomic E-state index is 11.3. The molecule has 0 aliphatic heterocycles. The minimum absolute atomic E-state index is 0.0116. The molecule has 20 heavy (non-hydrogen) atoms. The van der Waals surface area contributed by atoms with Gasteiger partial charge in [0, 0.05) is 6.54 Å². The molecule has 0 spiro atoms. The Kier molecular flexibility index (Phi) is 6.64. The summed E-state index contributed by atoms with van der Waals surface area (Å²) in [6.07, 6.45) is 1.95. The summed E-state index contributed by atoms with van der Waals surface area (Å²) >= 11 is 1.77. The summed E-state index contributed by atoms with van der Waals surface area (Å²) in [6.45, 7) is 6.52. The molecule has 0 saturated carbocycles. The molecule has 0 bridgehead atoms. The summed E-state index contributed by atoms with van der Waals surface area (Å²) in [5.41, 5.74) is 0.527. The monoisotopic (exact) mass is 298 g/mol. The van der Waals surface area contributed by atoms with Gasteiger partial charge in [-0.1, -0.05) is 13.0 Å². The maximum Gasteiger partial charge on any atom is 0.333 e. The number of nitrogens with one attached hydrogen (secondary N) is 1. The Balaban J connectivity index is 2.92. The zero-order chi connectivity index (χ0) is 15.1. The van der Waals surface area contributed by atoms with Crippen LogP contribution in [-0.2, 0) is 0 Å². The first-order valence-corrected chi connectivity index (χ1v) is 8.02. The van der Waals surface area contributed by atoms with Crippen molar-refractivity contribution in [2.75, 3.05) is 23.9 Å². The van der Waals surface area contributed by atoms with Crippen LogP contribution in [0.4, 0.5) is 11.4 Å². The van der Waals surface area contributed by atoms with E-state index in [-0.39, 0.29) is 16.7 Å². The van der Waals surface area contributed by atoms with E-state index in [0.717, 1.165) is 5.75 Å². The van der Waals surface area contributed by atoms with Crippen LogP contribution >= 0.6 is 11.8 Å². The third kappa shape index (κ3) is 4.92. The molecule has 1 atom stereocenters. The number of benzene rings is 1. The predicted molar refractivity (Wildman–Crippen MR) is 84.9 cm³/mol. The number of hydrogen-bond acceptors (Lipinski definition) is 5. The molecule has 1 N–H and O–H groups in total. The summed E-state index contributed by atoms with van der Waals surface area (Å²) in [4.78, 5) is 10.9. The van der Waals surface area contributed by atoms with Crippen LogP contribution in [0.5, 0.6) is 5.75 Å². The third-order valence-electron chi connectivity index (χ3n) is 2.64. The minimum Gasteiger partial charge on any atom is -0.484 e. The van der Waals surface area contributed by atoms with Crippen molar-refractivity contribution in [1.29, 1.82) is 0 Å². The lowest BCUT2D eigenvalue weighted by Gasteiger charge is -2.15. The van der Waals surface area contributed by atoms with Crippen molar-refractivity contribution < 1.29 is 9.66 Å². The smallest absolute Gasteiger partial charge is 0.333 e. The van der Waals surface area contributed by atoms with E-state index in [1.165, 1.54) is 0 Å². The van der Waals surface area contributed by atoms with Crippen molar-refractivity contribution in [3.63, 3.8) is 0 Å². The molecule has 1 aromatic carbocycles. The number of hydrogen-bond donors (Lipinski definition) is 1. The van der Waals surface area contributed by atoms with Crippen molar-refractivity contribution in [3.05, 3.63) is 28.3 Å². The zero-order valence-electron chi connectivity index (χ0n) is 12.4. The molecule has 6 heteroatoms. The van der Waals surface area contributed by atoms with Crippen molar-refractivity contribution in [3.8, 4) is 5.75 Å². The first-order chi connectivity index (χ1) is 9.45. The Bertz CT molecular complexity index is 452. The summed E-state index contributed by atoms with van der Waals surface area (Å²) in [6, 6.07) is 5.12. The highest BCUT2D eigenvalue weighted by Crippen LogP contribution is 2.35. The third-order valence-corrected chi connectivity index (χ3v) is 3.54. The Morgan fingerprint density at radius 3 is 2.65 bits per heavy atom. The van der Waals surface area contributed by atoms with Gasteiger partial charge in [0.25, 0.3) is 0 Å². The molecule has 1 aromatic rings. The standard InChI is InChI=1S/C14H22N2O3S/c1-10(2)19-13-7-5-6-12(14(13)16(17)18)15-8-11(3)9-20-4/h5-7,10-11,15H,8-9H2,1-4H3. The number of nitro benzene ring substituents is 1. The average molecular weight is 298 g/mol. The second-order valence-electron chi connectivity index (χ2n) is 5.02. The van der Waals surface area contributed by atoms with Gasteiger partial charge in [-0.15, -0.1) is 0 Å². The molecular formula is C14H22N2O3S. The summed E-state index contributed by atoms with van der Waals surface area (Å²) < 4.78 is 5.52. The van der Waals surface area contributed by atoms with E-state index >= 15 is 0 Å². The summed E-state index contributed by atoms with van der Waals surface area (Å²) in [5.74, 6) is 1.77.